The molecule has 1 aliphatic rings. The number of aryl methyl sites for hydroxylation is 2. The molecule has 0 radical (unpaired) electrons. The Hall–Kier alpha value is -1.62. The van der Waals surface area contributed by atoms with Crippen molar-refractivity contribution in [1.82, 2.24) is 4.98 Å². The van der Waals surface area contributed by atoms with Gasteiger partial charge < -0.3 is 15.4 Å². The molecule has 0 aliphatic heterocycles. The smallest absolute Gasteiger partial charge is 0.140 e. The number of amidine groups is 1. The first kappa shape index (κ1) is 13.8. The molecule has 0 spiro atoms. The van der Waals surface area contributed by atoms with Crippen LogP contribution in [0, 0.1) is 19.3 Å². The number of hydrogen-bond donors (Lipinski definition) is 2. The third-order valence-electron chi connectivity index (χ3n) is 3.39. The average molecular weight is 262 g/mol. The fourth-order valence-corrected chi connectivity index (χ4v) is 2.40. The van der Waals surface area contributed by atoms with Gasteiger partial charge in [-0.15, -0.1) is 0 Å². The van der Waals surface area contributed by atoms with Crippen molar-refractivity contribution in [2.45, 2.75) is 32.7 Å². The number of hydrogen-bond acceptors (Lipinski definition) is 4. The lowest BCUT2D eigenvalue weighted by Gasteiger charge is -2.26. The van der Waals surface area contributed by atoms with Gasteiger partial charge in [-0.25, -0.2) is 4.98 Å². The summed E-state index contributed by atoms with van der Waals surface area (Å²) in [6.45, 7) is 5.40. The summed E-state index contributed by atoms with van der Waals surface area (Å²) in [5, 5.41) is 7.80. The molecule has 5 nitrogen and oxygen atoms in total. The van der Waals surface area contributed by atoms with Gasteiger partial charge >= 0.3 is 0 Å². The van der Waals surface area contributed by atoms with Crippen molar-refractivity contribution in [2.75, 3.05) is 25.2 Å². The molecule has 0 unspecified atom stereocenters. The number of pyridine rings is 1. The molecule has 0 saturated heterocycles. The number of nitrogens with one attached hydrogen (secondary N) is 1. The van der Waals surface area contributed by atoms with Crippen molar-refractivity contribution in [3.05, 3.63) is 22.9 Å². The fourth-order valence-electron chi connectivity index (χ4n) is 2.40. The molecule has 5 heteroatoms. The van der Waals surface area contributed by atoms with E-state index in [4.69, 9.17) is 15.9 Å². The first-order valence-electron chi connectivity index (χ1n) is 6.62. The number of nitrogens with two attached hydrogens (primary N) is 1. The van der Waals surface area contributed by atoms with E-state index in [1.165, 1.54) is 12.8 Å². The maximum absolute atomic E-state index is 7.80. The number of aromatic nitrogens is 1. The van der Waals surface area contributed by atoms with Crippen LogP contribution in [-0.2, 0) is 4.74 Å². The summed E-state index contributed by atoms with van der Waals surface area (Å²) < 4.78 is 5.18. The monoisotopic (exact) mass is 262 g/mol. The second kappa shape index (κ2) is 5.57. The van der Waals surface area contributed by atoms with Crippen LogP contribution in [-0.4, -0.2) is 37.1 Å². The molecule has 19 heavy (non-hydrogen) atoms. The highest BCUT2D eigenvalue weighted by Gasteiger charge is 2.32. The summed E-state index contributed by atoms with van der Waals surface area (Å²) >= 11 is 0. The Bertz CT molecular complexity index is 483. The molecule has 1 saturated carbocycles. The summed E-state index contributed by atoms with van der Waals surface area (Å²) in [6, 6.07) is 2.49. The minimum absolute atomic E-state index is 0.0862. The molecule has 2 rings (SSSR count). The first-order chi connectivity index (χ1) is 9.04. The molecule has 1 aromatic rings. The van der Waals surface area contributed by atoms with Gasteiger partial charge in [0.1, 0.15) is 11.7 Å². The summed E-state index contributed by atoms with van der Waals surface area (Å²) in [4.78, 5) is 6.86. The van der Waals surface area contributed by atoms with Crippen molar-refractivity contribution in [3.63, 3.8) is 0 Å². The molecular formula is C14H22N4O. The van der Waals surface area contributed by atoms with Crippen LogP contribution in [0.25, 0.3) is 0 Å². The number of rotatable bonds is 6. The topological polar surface area (TPSA) is 75.2 Å². The molecule has 0 atom stereocenters. The van der Waals surface area contributed by atoms with Crippen LogP contribution in [0.1, 0.15) is 29.7 Å². The van der Waals surface area contributed by atoms with E-state index in [0.29, 0.717) is 12.6 Å². The highest BCUT2D eigenvalue weighted by Crippen LogP contribution is 2.33. The van der Waals surface area contributed by atoms with Crippen molar-refractivity contribution >= 4 is 11.7 Å². The Kier molecular flexibility index (Phi) is 4.04. The van der Waals surface area contributed by atoms with Gasteiger partial charge in [0.25, 0.3) is 0 Å². The van der Waals surface area contributed by atoms with Crippen molar-refractivity contribution < 1.29 is 4.74 Å². The molecular weight excluding hydrogens is 240 g/mol. The first-order valence-corrected chi connectivity index (χ1v) is 6.62. The standard InChI is InChI=1S/C14H22N4O/c1-9-8-10(2)17-14(12(9)13(15)16)18(6-7-19-3)11-4-5-11/h8,11H,4-7H2,1-3H3,(H3,15,16). The number of nitrogen functional groups attached to an aromatic ring is 1. The zero-order valence-electron chi connectivity index (χ0n) is 11.9. The molecule has 0 aromatic carbocycles. The highest BCUT2D eigenvalue weighted by molar-refractivity contribution is 6.01. The Balaban J connectivity index is 2.42. The van der Waals surface area contributed by atoms with E-state index in [1.54, 1.807) is 7.11 Å². The Morgan fingerprint density at radius 1 is 1.53 bits per heavy atom. The van der Waals surface area contributed by atoms with Crippen LogP contribution < -0.4 is 10.6 Å². The summed E-state index contributed by atoms with van der Waals surface area (Å²) in [5.74, 6) is 0.924. The van der Waals surface area contributed by atoms with E-state index in [9.17, 15) is 0 Å². The van der Waals surface area contributed by atoms with Gasteiger partial charge in [0, 0.05) is 25.4 Å². The lowest BCUT2D eigenvalue weighted by molar-refractivity contribution is 0.204. The number of anilines is 1. The van der Waals surface area contributed by atoms with Crippen molar-refractivity contribution in [3.8, 4) is 0 Å². The Morgan fingerprint density at radius 2 is 2.21 bits per heavy atom. The van der Waals surface area contributed by atoms with Crippen LogP contribution in [0.3, 0.4) is 0 Å². The summed E-state index contributed by atoms with van der Waals surface area (Å²) in [6.07, 6.45) is 2.35. The maximum atomic E-state index is 7.80. The molecule has 0 amide bonds. The molecule has 3 N–H and O–H groups in total. The third-order valence-corrected chi connectivity index (χ3v) is 3.39. The van der Waals surface area contributed by atoms with E-state index in [2.05, 4.69) is 9.88 Å². The van der Waals surface area contributed by atoms with Gasteiger partial charge in [0.2, 0.25) is 0 Å². The van der Waals surface area contributed by atoms with Crippen LogP contribution >= 0.6 is 0 Å². The third kappa shape index (κ3) is 3.04. The number of nitrogens with zero attached hydrogens (tertiary/aromatic N) is 2. The van der Waals surface area contributed by atoms with Crippen LogP contribution in [0.5, 0.6) is 0 Å². The van der Waals surface area contributed by atoms with E-state index < -0.39 is 0 Å². The zero-order chi connectivity index (χ0) is 14.0. The van der Waals surface area contributed by atoms with Crippen molar-refractivity contribution in [2.24, 2.45) is 5.73 Å². The van der Waals surface area contributed by atoms with Crippen LogP contribution in [0.15, 0.2) is 6.07 Å². The Morgan fingerprint density at radius 3 is 2.74 bits per heavy atom. The molecule has 1 aromatic heterocycles. The predicted molar refractivity (Wildman–Crippen MR) is 77.0 cm³/mol. The lowest BCUT2D eigenvalue weighted by Crippen LogP contribution is -2.33. The molecule has 0 bridgehead atoms. The predicted octanol–water partition coefficient (Wildman–Crippen LogP) is 1.60. The van der Waals surface area contributed by atoms with Gasteiger partial charge in [-0.3, -0.25) is 5.41 Å². The second-order valence-electron chi connectivity index (χ2n) is 5.11. The largest absolute Gasteiger partial charge is 0.384 e. The molecule has 1 heterocycles. The lowest BCUT2D eigenvalue weighted by atomic mass is 10.1. The maximum Gasteiger partial charge on any atom is 0.140 e. The Labute approximate surface area is 114 Å². The number of ether oxygens (including phenoxy) is 1. The second-order valence-corrected chi connectivity index (χ2v) is 5.11. The SMILES string of the molecule is COCCN(c1nc(C)cc(C)c1C(=N)N)C1CC1. The van der Waals surface area contributed by atoms with Gasteiger partial charge in [-0.05, 0) is 38.3 Å². The van der Waals surface area contributed by atoms with E-state index >= 15 is 0 Å². The van der Waals surface area contributed by atoms with Crippen LogP contribution in [0.2, 0.25) is 0 Å². The zero-order valence-corrected chi connectivity index (χ0v) is 11.9. The quantitative estimate of drug-likeness (QED) is 0.603. The van der Waals surface area contributed by atoms with Gasteiger partial charge in [0.15, 0.2) is 0 Å². The summed E-state index contributed by atoms with van der Waals surface area (Å²) in [7, 11) is 1.70. The molecule has 1 fully saturated rings. The molecule has 104 valence electrons. The van der Waals surface area contributed by atoms with Gasteiger partial charge in [0.05, 0.1) is 12.2 Å². The van der Waals surface area contributed by atoms with E-state index in [0.717, 1.165) is 29.2 Å². The van der Waals surface area contributed by atoms with E-state index in [-0.39, 0.29) is 5.84 Å². The fraction of sp³-hybridized carbons (Fsp3) is 0.571. The van der Waals surface area contributed by atoms with Gasteiger partial charge in [-0.1, -0.05) is 0 Å². The van der Waals surface area contributed by atoms with Crippen molar-refractivity contribution in [1.29, 1.82) is 5.41 Å². The average Bonchev–Trinajstić information content (AvgIpc) is 3.12. The summed E-state index contributed by atoms with van der Waals surface area (Å²) in [5.41, 5.74) is 8.47. The normalized spacial score (nSPS) is 14.5. The van der Waals surface area contributed by atoms with Crippen LogP contribution in [0.4, 0.5) is 5.82 Å². The highest BCUT2D eigenvalue weighted by atomic mass is 16.5. The number of methoxy groups -OCH3 is 1. The van der Waals surface area contributed by atoms with Gasteiger partial charge in [-0.2, -0.15) is 0 Å². The minimum atomic E-state index is 0.0862. The van der Waals surface area contributed by atoms with E-state index in [1.807, 2.05) is 19.9 Å². The minimum Gasteiger partial charge on any atom is -0.384 e. The molecule has 1 aliphatic carbocycles.